The second kappa shape index (κ2) is 7.23. The molecule has 6 N–H and O–H groups in total. The van der Waals surface area contributed by atoms with Crippen LogP contribution in [0.4, 0.5) is 18.9 Å². The van der Waals surface area contributed by atoms with Gasteiger partial charge in [-0.05, 0) is 30.4 Å². The maximum Gasteiger partial charge on any atom is 0.420 e. The van der Waals surface area contributed by atoms with E-state index in [1.54, 1.807) is 0 Å². The van der Waals surface area contributed by atoms with Gasteiger partial charge in [-0.15, -0.1) is 0 Å². The molecule has 0 aliphatic heterocycles. The van der Waals surface area contributed by atoms with Gasteiger partial charge in [0.2, 0.25) is 5.78 Å². The number of carbonyl (C=O) groups excluding carboxylic acids is 3. The first kappa shape index (κ1) is 23.6. The first-order valence-electron chi connectivity index (χ1n) is 10.2. The Balaban J connectivity index is 2.00. The number of rotatable bonds is 2. The van der Waals surface area contributed by atoms with Crippen molar-refractivity contribution < 1.29 is 48.0 Å². The Labute approximate surface area is 190 Å². The standard InChI is InChI=1S/C22H21F3N2O7/c1-27(2)11-6-10(22(23,24)25)16(29)14-9(11)4-7-3-8-5-12(28)15(20(26)33)19(32)21(8,34)18(31)13(7)17(14)30/h6-8,29-30,32,34H,3-5H2,1-2H3,(H2,26,33)/t7-,8+,21+/m1/s1. The van der Waals surface area contributed by atoms with Crippen LogP contribution < -0.4 is 10.6 Å². The molecule has 182 valence electrons. The number of phenols is 1. The minimum absolute atomic E-state index is 0.0532. The molecule has 0 radical (unpaired) electrons. The zero-order valence-electron chi connectivity index (χ0n) is 18.0. The SMILES string of the molecule is CN(C)c1cc(C(F)(F)F)c(O)c2c1C[C@H]1C[C@H]3CC(=O)C(C(N)=O)=C(O)[C@@]3(O)C(=O)C1=C2O. The number of nitrogens with two attached hydrogens (primary N) is 1. The van der Waals surface area contributed by atoms with E-state index in [0.29, 0.717) is 0 Å². The van der Waals surface area contributed by atoms with Crippen molar-refractivity contribution in [3.8, 4) is 5.75 Å². The topological polar surface area (TPSA) is 161 Å². The molecule has 4 rings (SSSR count). The molecule has 3 aliphatic rings. The Morgan fingerprint density at radius 2 is 1.79 bits per heavy atom. The number of benzene rings is 1. The number of halogens is 3. The number of nitrogens with zero attached hydrogens (tertiary/aromatic N) is 1. The van der Waals surface area contributed by atoms with E-state index in [-0.39, 0.29) is 24.1 Å². The molecule has 1 saturated carbocycles. The van der Waals surface area contributed by atoms with E-state index in [9.17, 15) is 48.0 Å². The van der Waals surface area contributed by atoms with Crippen LogP contribution in [0.15, 0.2) is 23.0 Å². The van der Waals surface area contributed by atoms with Crippen LogP contribution in [-0.2, 0) is 27.0 Å². The highest BCUT2D eigenvalue weighted by molar-refractivity contribution is 6.22. The second-order valence-corrected chi connectivity index (χ2v) is 8.94. The van der Waals surface area contributed by atoms with Gasteiger partial charge in [-0.3, -0.25) is 14.4 Å². The number of primary amides is 1. The van der Waals surface area contributed by atoms with E-state index in [0.717, 1.165) is 6.07 Å². The molecule has 34 heavy (non-hydrogen) atoms. The lowest BCUT2D eigenvalue weighted by Crippen LogP contribution is -2.58. The highest BCUT2D eigenvalue weighted by Gasteiger charge is 2.60. The molecule has 9 nitrogen and oxygen atoms in total. The number of amides is 1. The highest BCUT2D eigenvalue weighted by atomic mass is 19.4. The minimum Gasteiger partial charge on any atom is -0.508 e. The summed E-state index contributed by atoms with van der Waals surface area (Å²) in [5.41, 5.74) is -0.946. The third-order valence-electron chi connectivity index (χ3n) is 6.83. The van der Waals surface area contributed by atoms with E-state index in [2.05, 4.69) is 0 Å². The molecule has 0 saturated heterocycles. The predicted molar refractivity (Wildman–Crippen MR) is 111 cm³/mol. The number of aliphatic hydroxyl groups is 3. The van der Waals surface area contributed by atoms with Crippen LogP contribution in [0.25, 0.3) is 5.76 Å². The maximum atomic E-state index is 13.6. The monoisotopic (exact) mass is 482 g/mol. The van der Waals surface area contributed by atoms with E-state index in [1.165, 1.54) is 19.0 Å². The fourth-order valence-electron chi connectivity index (χ4n) is 5.28. The summed E-state index contributed by atoms with van der Waals surface area (Å²) in [7, 11) is 2.95. The average Bonchev–Trinajstić information content (AvgIpc) is 2.69. The number of aliphatic hydroxyl groups excluding tert-OH is 2. The number of hydrogen-bond acceptors (Lipinski definition) is 8. The highest BCUT2D eigenvalue weighted by Crippen LogP contribution is 2.54. The van der Waals surface area contributed by atoms with Gasteiger partial charge in [-0.2, -0.15) is 13.2 Å². The number of Topliss-reactive ketones (excluding diaryl/α,β-unsaturated/α-hetero) is 2. The lowest BCUT2D eigenvalue weighted by molar-refractivity contribution is -0.147. The van der Waals surface area contributed by atoms with Gasteiger partial charge < -0.3 is 31.1 Å². The summed E-state index contributed by atoms with van der Waals surface area (Å²) in [6.07, 6.45) is -5.67. The zero-order valence-corrected chi connectivity index (χ0v) is 18.0. The Bertz CT molecular complexity index is 1230. The lowest BCUT2D eigenvalue weighted by atomic mass is 9.59. The van der Waals surface area contributed by atoms with Crippen molar-refractivity contribution in [2.45, 2.75) is 31.0 Å². The summed E-state index contributed by atoms with van der Waals surface area (Å²) in [6.45, 7) is 0. The summed E-state index contributed by atoms with van der Waals surface area (Å²) in [6, 6.07) is 0.741. The van der Waals surface area contributed by atoms with Crippen molar-refractivity contribution in [3.63, 3.8) is 0 Å². The Morgan fingerprint density at radius 1 is 1.18 bits per heavy atom. The van der Waals surface area contributed by atoms with Crippen LogP contribution in [0.2, 0.25) is 0 Å². The Morgan fingerprint density at radius 3 is 2.32 bits per heavy atom. The molecular formula is C22H21F3N2O7. The smallest absolute Gasteiger partial charge is 0.420 e. The van der Waals surface area contributed by atoms with E-state index in [1.807, 2.05) is 0 Å². The molecule has 1 aromatic carbocycles. The van der Waals surface area contributed by atoms with Gasteiger partial charge in [0.1, 0.15) is 28.4 Å². The summed E-state index contributed by atoms with van der Waals surface area (Å²) >= 11 is 0. The summed E-state index contributed by atoms with van der Waals surface area (Å²) < 4.78 is 40.8. The van der Waals surface area contributed by atoms with Gasteiger partial charge in [0.15, 0.2) is 11.4 Å². The third-order valence-corrected chi connectivity index (χ3v) is 6.83. The van der Waals surface area contributed by atoms with Crippen molar-refractivity contribution in [3.05, 3.63) is 39.7 Å². The van der Waals surface area contributed by atoms with Crippen molar-refractivity contribution >= 4 is 28.9 Å². The molecule has 1 fully saturated rings. The normalized spacial score (nSPS) is 26.8. The van der Waals surface area contributed by atoms with Gasteiger partial charge in [0.05, 0.1) is 5.56 Å². The number of ketones is 2. The molecule has 1 amide bonds. The van der Waals surface area contributed by atoms with Crippen LogP contribution in [0.5, 0.6) is 5.75 Å². The van der Waals surface area contributed by atoms with Gasteiger partial charge in [0, 0.05) is 37.7 Å². The molecule has 0 spiro atoms. The van der Waals surface area contributed by atoms with E-state index in [4.69, 9.17) is 5.73 Å². The number of phenolic OH excluding ortho intramolecular Hbond substituents is 1. The summed E-state index contributed by atoms with van der Waals surface area (Å²) in [4.78, 5) is 38.7. The molecule has 12 heteroatoms. The number of fused-ring (bicyclic) bond motifs is 3. The summed E-state index contributed by atoms with van der Waals surface area (Å²) in [5, 5.41) is 43.1. The fraction of sp³-hybridized carbons (Fsp3) is 0.409. The number of alkyl halides is 3. The molecular weight excluding hydrogens is 461 g/mol. The van der Waals surface area contributed by atoms with E-state index < -0.39 is 87.0 Å². The number of anilines is 1. The number of aromatic hydroxyl groups is 1. The van der Waals surface area contributed by atoms with Crippen molar-refractivity contribution in [1.82, 2.24) is 0 Å². The maximum absolute atomic E-state index is 13.6. The minimum atomic E-state index is -4.98. The molecule has 3 aliphatic carbocycles. The van der Waals surface area contributed by atoms with Crippen LogP contribution in [0, 0.1) is 11.8 Å². The predicted octanol–water partition coefficient (Wildman–Crippen LogP) is 1.51. The summed E-state index contributed by atoms with van der Waals surface area (Å²) in [5.74, 6) is -9.00. The molecule has 0 unspecified atom stereocenters. The molecule has 1 aromatic rings. The van der Waals surface area contributed by atoms with Crippen LogP contribution in [0.1, 0.15) is 29.5 Å². The van der Waals surface area contributed by atoms with E-state index >= 15 is 0 Å². The average molecular weight is 482 g/mol. The largest absolute Gasteiger partial charge is 0.508 e. The quantitative estimate of drug-likeness (QED) is 0.396. The first-order valence-corrected chi connectivity index (χ1v) is 10.2. The molecule has 0 bridgehead atoms. The Hall–Kier alpha value is -3.54. The number of carbonyl (C=O) groups is 3. The van der Waals surface area contributed by atoms with Crippen molar-refractivity contribution in [2.24, 2.45) is 17.6 Å². The first-order chi connectivity index (χ1) is 15.6. The van der Waals surface area contributed by atoms with Gasteiger partial charge in [-0.1, -0.05) is 0 Å². The zero-order chi connectivity index (χ0) is 25.5. The Kier molecular flexibility index (Phi) is 5.02. The molecule has 0 aromatic heterocycles. The third kappa shape index (κ3) is 3.01. The second-order valence-electron chi connectivity index (χ2n) is 8.94. The van der Waals surface area contributed by atoms with Gasteiger partial charge in [-0.25, -0.2) is 0 Å². The number of hydrogen-bond donors (Lipinski definition) is 5. The van der Waals surface area contributed by atoms with Crippen LogP contribution >= 0.6 is 0 Å². The lowest BCUT2D eigenvalue weighted by Gasteiger charge is -2.46. The molecule has 3 atom stereocenters. The van der Waals surface area contributed by atoms with Crippen molar-refractivity contribution in [1.29, 1.82) is 0 Å². The van der Waals surface area contributed by atoms with Crippen LogP contribution in [0.3, 0.4) is 0 Å². The van der Waals surface area contributed by atoms with Crippen LogP contribution in [-0.4, -0.2) is 57.6 Å². The fourth-order valence-corrected chi connectivity index (χ4v) is 5.28. The molecule has 0 heterocycles. The van der Waals surface area contributed by atoms with Crippen molar-refractivity contribution in [2.75, 3.05) is 19.0 Å². The van der Waals surface area contributed by atoms with Gasteiger partial charge in [0.25, 0.3) is 5.91 Å². The van der Waals surface area contributed by atoms with Gasteiger partial charge >= 0.3 is 6.18 Å².